The van der Waals surface area contributed by atoms with Crippen LogP contribution in [0.3, 0.4) is 0 Å². The number of carbonyl (C=O) groups excluding carboxylic acids is 2. The van der Waals surface area contributed by atoms with Gasteiger partial charge in [-0.2, -0.15) is 0 Å². The highest BCUT2D eigenvalue weighted by Crippen LogP contribution is 2.43. The number of benzene rings is 2. The number of nitrogens with zero attached hydrogens (tertiary/aromatic N) is 1. The van der Waals surface area contributed by atoms with Crippen molar-refractivity contribution in [2.24, 2.45) is 0 Å². The highest BCUT2D eigenvalue weighted by atomic mass is 35.5. The number of ether oxygens (including phenoxy) is 1. The number of aliphatic hydroxyl groups excluding tert-OH is 1. The topological polar surface area (TPSA) is 80.0 Å². The van der Waals surface area contributed by atoms with E-state index in [2.05, 4.69) is 0 Å². The Morgan fingerprint density at radius 3 is 2.58 bits per heavy atom. The summed E-state index contributed by atoms with van der Waals surface area (Å²) in [7, 11) is 1.46. The second kappa shape index (κ2) is 7.92. The van der Waals surface area contributed by atoms with Crippen LogP contribution < -0.4 is 9.64 Å². The molecule has 1 aromatic heterocycles. The van der Waals surface area contributed by atoms with Gasteiger partial charge < -0.3 is 14.3 Å². The number of Topliss-reactive ketones (excluding diaryl/α,β-unsaturated/α-hetero) is 1. The minimum Gasteiger partial charge on any atom is -0.507 e. The number of rotatable bonds is 4. The molecule has 6 nitrogen and oxygen atoms in total. The van der Waals surface area contributed by atoms with Crippen molar-refractivity contribution < 1.29 is 28.2 Å². The van der Waals surface area contributed by atoms with E-state index in [1.54, 1.807) is 24.3 Å². The minimum absolute atomic E-state index is 0.169. The molecule has 2 heterocycles. The quantitative estimate of drug-likeness (QED) is 0.349. The van der Waals surface area contributed by atoms with Gasteiger partial charge >= 0.3 is 0 Å². The molecule has 1 saturated heterocycles. The summed E-state index contributed by atoms with van der Waals surface area (Å²) in [6.07, 6.45) is 1.40. The van der Waals surface area contributed by atoms with Crippen molar-refractivity contribution in [1.29, 1.82) is 0 Å². The van der Waals surface area contributed by atoms with Crippen LogP contribution in [0.4, 0.5) is 10.1 Å². The lowest BCUT2D eigenvalue weighted by Gasteiger charge is -2.24. The second-order valence-electron chi connectivity index (χ2n) is 6.97. The second-order valence-corrected chi connectivity index (χ2v) is 7.37. The van der Waals surface area contributed by atoms with E-state index in [4.69, 9.17) is 20.8 Å². The van der Waals surface area contributed by atoms with Gasteiger partial charge in [-0.3, -0.25) is 14.5 Å². The number of ketones is 1. The van der Waals surface area contributed by atoms with Crippen molar-refractivity contribution in [2.45, 2.75) is 13.0 Å². The van der Waals surface area contributed by atoms with Crippen LogP contribution in [-0.2, 0) is 9.59 Å². The Bertz CT molecular complexity index is 1220. The number of hydrogen-bond acceptors (Lipinski definition) is 5. The zero-order chi connectivity index (χ0) is 22.3. The van der Waals surface area contributed by atoms with Gasteiger partial charge in [0.1, 0.15) is 29.1 Å². The zero-order valence-electron chi connectivity index (χ0n) is 16.6. The summed E-state index contributed by atoms with van der Waals surface area (Å²) in [5.74, 6) is -1.96. The monoisotopic (exact) mass is 441 g/mol. The first kappa shape index (κ1) is 20.7. The summed E-state index contributed by atoms with van der Waals surface area (Å²) < 4.78 is 24.3. The zero-order valence-corrected chi connectivity index (χ0v) is 17.3. The average Bonchev–Trinajstić information content (AvgIpc) is 3.36. The lowest BCUT2D eigenvalue weighted by Crippen LogP contribution is -2.29. The van der Waals surface area contributed by atoms with E-state index >= 15 is 0 Å². The molecule has 0 saturated carbocycles. The predicted octanol–water partition coefficient (Wildman–Crippen LogP) is 5.02. The molecule has 3 aromatic rings. The van der Waals surface area contributed by atoms with Crippen molar-refractivity contribution >= 4 is 34.7 Å². The van der Waals surface area contributed by atoms with Gasteiger partial charge in [-0.25, -0.2) is 4.39 Å². The third-order valence-electron chi connectivity index (χ3n) is 5.10. The Labute approximate surface area is 182 Å². The molecule has 31 heavy (non-hydrogen) atoms. The molecule has 4 rings (SSSR count). The summed E-state index contributed by atoms with van der Waals surface area (Å²) in [6, 6.07) is 10.7. The van der Waals surface area contributed by atoms with E-state index < -0.39 is 29.3 Å². The van der Waals surface area contributed by atoms with E-state index in [-0.39, 0.29) is 27.5 Å². The molecule has 0 bridgehead atoms. The van der Waals surface area contributed by atoms with E-state index in [0.29, 0.717) is 11.4 Å². The molecule has 1 N–H and O–H groups in total. The van der Waals surface area contributed by atoms with Gasteiger partial charge in [-0.15, -0.1) is 0 Å². The van der Waals surface area contributed by atoms with Crippen LogP contribution in [0, 0.1) is 12.7 Å². The van der Waals surface area contributed by atoms with Crippen molar-refractivity contribution in [2.75, 3.05) is 12.0 Å². The van der Waals surface area contributed by atoms with Crippen molar-refractivity contribution in [1.82, 2.24) is 0 Å². The number of carbonyl (C=O) groups is 2. The highest BCUT2D eigenvalue weighted by Gasteiger charge is 2.48. The van der Waals surface area contributed by atoms with Gasteiger partial charge in [0.15, 0.2) is 0 Å². The SMILES string of the molecule is COc1ccc(N2C(=O)C(=O)/C(=C(\O)c3ccc(F)c(C)c3)C2c2ccco2)cc1Cl. The highest BCUT2D eigenvalue weighted by molar-refractivity contribution is 6.51. The van der Waals surface area contributed by atoms with Gasteiger partial charge in [0.25, 0.3) is 11.7 Å². The molecular weight excluding hydrogens is 425 g/mol. The molecule has 0 radical (unpaired) electrons. The number of furan rings is 1. The molecule has 158 valence electrons. The molecule has 2 aromatic carbocycles. The third kappa shape index (κ3) is 3.47. The smallest absolute Gasteiger partial charge is 0.300 e. The Morgan fingerprint density at radius 1 is 1.19 bits per heavy atom. The third-order valence-corrected chi connectivity index (χ3v) is 5.40. The maximum absolute atomic E-state index is 13.7. The van der Waals surface area contributed by atoms with Crippen molar-refractivity contribution in [3.05, 3.63) is 88.1 Å². The van der Waals surface area contributed by atoms with E-state index in [1.807, 2.05) is 0 Å². The number of methoxy groups -OCH3 is 1. The van der Waals surface area contributed by atoms with Gasteiger partial charge in [-0.05, 0) is 61.0 Å². The lowest BCUT2D eigenvalue weighted by molar-refractivity contribution is -0.132. The van der Waals surface area contributed by atoms with E-state index in [9.17, 15) is 19.1 Å². The van der Waals surface area contributed by atoms with Gasteiger partial charge in [0, 0.05) is 11.3 Å². The summed E-state index contributed by atoms with van der Waals surface area (Å²) in [5, 5.41) is 11.2. The Balaban J connectivity index is 1.92. The van der Waals surface area contributed by atoms with Crippen molar-refractivity contribution in [3.8, 4) is 5.75 Å². The maximum atomic E-state index is 13.7. The fraction of sp³-hybridized carbons (Fsp3) is 0.130. The number of aliphatic hydroxyl groups is 1. The number of aryl methyl sites for hydroxylation is 1. The van der Waals surface area contributed by atoms with Crippen LogP contribution in [0.2, 0.25) is 5.02 Å². The first-order valence-electron chi connectivity index (χ1n) is 9.28. The molecule has 1 unspecified atom stereocenters. The first-order valence-corrected chi connectivity index (χ1v) is 9.65. The Hall–Kier alpha value is -3.58. The Kier molecular flexibility index (Phi) is 5.29. The molecule has 0 aliphatic carbocycles. The Morgan fingerprint density at radius 2 is 1.97 bits per heavy atom. The molecule has 1 fully saturated rings. The van der Waals surface area contributed by atoms with Crippen LogP contribution in [0.5, 0.6) is 5.75 Å². The van der Waals surface area contributed by atoms with Gasteiger partial charge in [-0.1, -0.05) is 11.6 Å². The van der Waals surface area contributed by atoms with Crippen LogP contribution in [-0.4, -0.2) is 23.9 Å². The molecule has 1 atom stereocenters. The number of halogens is 2. The minimum atomic E-state index is -1.04. The summed E-state index contributed by atoms with van der Waals surface area (Å²) in [4.78, 5) is 27.2. The molecule has 1 aliphatic rings. The average molecular weight is 442 g/mol. The summed E-state index contributed by atoms with van der Waals surface area (Å²) in [5.41, 5.74) is 0.650. The van der Waals surface area contributed by atoms with Gasteiger partial charge in [0.05, 0.1) is 24.0 Å². The number of anilines is 1. The largest absolute Gasteiger partial charge is 0.507 e. The first-order chi connectivity index (χ1) is 14.8. The lowest BCUT2D eigenvalue weighted by atomic mass is 9.98. The summed E-state index contributed by atoms with van der Waals surface area (Å²) >= 11 is 6.22. The predicted molar refractivity (Wildman–Crippen MR) is 113 cm³/mol. The fourth-order valence-corrected chi connectivity index (χ4v) is 3.82. The molecular formula is C23H17ClFNO5. The maximum Gasteiger partial charge on any atom is 0.300 e. The van der Waals surface area contributed by atoms with Crippen LogP contribution in [0.25, 0.3) is 5.76 Å². The van der Waals surface area contributed by atoms with Crippen LogP contribution >= 0.6 is 11.6 Å². The summed E-state index contributed by atoms with van der Waals surface area (Å²) in [6.45, 7) is 1.54. The molecule has 8 heteroatoms. The fourth-order valence-electron chi connectivity index (χ4n) is 3.57. The number of amides is 1. The van der Waals surface area contributed by atoms with E-state index in [0.717, 1.165) is 0 Å². The standard InChI is InChI=1S/C23H17ClFNO5/c1-12-10-13(5-7-16(12)25)21(27)19-20(18-4-3-9-31-18)26(23(29)22(19)28)14-6-8-17(30-2)15(24)11-14/h3-11,20,27H,1-2H3/b21-19-. The van der Waals surface area contributed by atoms with E-state index in [1.165, 1.54) is 49.5 Å². The molecule has 1 aliphatic heterocycles. The molecule has 1 amide bonds. The number of hydrogen-bond donors (Lipinski definition) is 1. The van der Waals surface area contributed by atoms with Gasteiger partial charge in [0.2, 0.25) is 0 Å². The van der Waals surface area contributed by atoms with Crippen molar-refractivity contribution in [3.63, 3.8) is 0 Å². The van der Waals surface area contributed by atoms with Crippen LogP contribution in [0.15, 0.2) is 64.8 Å². The normalized spacial score (nSPS) is 17.9. The van der Waals surface area contributed by atoms with Crippen LogP contribution in [0.1, 0.15) is 22.9 Å². The molecule has 0 spiro atoms.